The number of anilines is 1. The summed E-state index contributed by atoms with van der Waals surface area (Å²) < 4.78 is 29.9. The highest BCUT2D eigenvalue weighted by Gasteiger charge is 2.20. The first-order valence-corrected chi connectivity index (χ1v) is 11.0. The van der Waals surface area contributed by atoms with E-state index in [4.69, 9.17) is 16.3 Å². The van der Waals surface area contributed by atoms with Crippen LogP contribution in [0.15, 0.2) is 36.4 Å². The average Bonchev–Trinajstić information content (AvgIpc) is 2.64. The molecule has 0 spiro atoms. The third kappa shape index (κ3) is 4.97. The summed E-state index contributed by atoms with van der Waals surface area (Å²) >= 11 is 6.20. The number of nitrogens with one attached hydrogen (secondary N) is 1. The maximum Gasteiger partial charge on any atom is 0.253 e. The Morgan fingerprint density at radius 2 is 1.93 bits per heavy atom. The number of nitrogens with zero attached hydrogens (tertiary/aromatic N) is 1. The van der Waals surface area contributed by atoms with E-state index in [1.807, 2.05) is 32.0 Å². The van der Waals surface area contributed by atoms with Crippen LogP contribution in [0.25, 0.3) is 0 Å². The van der Waals surface area contributed by atoms with Crippen molar-refractivity contribution in [2.24, 2.45) is 0 Å². The zero-order valence-electron chi connectivity index (χ0n) is 16.6. The van der Waals surface area contributed by atoms with Gasteiger partial charge in [0.05, 0.1) is 35.7 Å². The number of rotatable bonds is 7. The minimum atomic E-state index is -3.45. The van der Waals surface area contributed by atoms with Gasteiger partial charge in [0, 0.05) is 7.05 Å². The summed E-state index contributed by atoms with van der Waals surface area (Å²) in [6, 6.07) is 10.1. The Morgan fingerprint density at radius 1 is 1.25 bits per heavy atom. The number of hydrogen-bond acceptors (Lipinski definition) is 4. The molecule has 0 aliphatic rings. The van der Waals surface area contributed by atoms with E-state index in [1.54, 1.807) is 13.2 Å². The van der Waals surface area contributed by atoms with Gasteiger partial charge in [0.1, 0.15) is 5.75 Å². The van der Waals surface area contributed by atoms with Gasteiger partial charge in [0.25, 0.3) is 5.91 Å². The second-order valence-corrected chi connectivity index (χ2v) is 8.98. The molecule has 0 fully saturated rings. The quantitative estimate of drug-likeness (QED) is 0.730. The summed E-state index contributed by atoms with van der Waals surface area (Å²) in [7, 11) is -0.406. The SMILES string of the molecule is CC[C@H](NC(=O)c1cc(N(C)S(C)(=O)=O)ccc1Cl)c1ccc(OC)c(C)c1. The van der Waals surface area contributed by atoms with Crippen molar-refractivity contribution >= 4 is 33.2 Å². The van der Waals surface area contributed by atoms with E-state index in [2.05, 4.69) is 5.32 Å². The highest BCUT2D eigenvalue weighted by atomic mass is 35.5. The van der Waals surface area contributed by atoms with Crippen molar-refractivity contribution in [2.75, 3.05) is 24.7 Å². The van der Waals surface area contributed by atoms with Gasteiger partial charge in [-0.2, -0.15) is 0 Å². The molecule has 1 amide bonds. The molecule has 0 radical (unpaired) electrons. The third-order valence-electron chi connectivity index (χ3n) is 4.59. The molecule has 0 aromatic heterocycles. The van der Waals surface area contributed by atoms with E-state index < -0.39 is 10.0 Å². The van der Waals surface area contributed by atoms with E-state index in [1.165, 1.54) is 19.2 Å². The lowest BCUT2D eigenvalue weighted by Crippen LogP contribution is -2.29. The maximum atomic E-state index is 12.9. The van der Waals surface area contributed by atoms with Crippen molar-refractivity contribution in [3.8, 4) is 5.75 Å². The standard InChI is InChI=1S/C20H25ClN2O4S/c1-6-18(14-7-10-19(27-4)13(2)11-14)22-20(24)16-12-15(8-9-17(16)21)23(3)28(5,25)26/h7-12,18H,6H2,1-5H3,(H,22,24)/t18-/m0/s1. The number of amides is 1. The zero-order valence-corrected chi connectivity index (χ0v) is 18.2. The van der Waals surface area contributed by atoms with Crippen molar-refractivity contribution in [3.05, 3.63) is 58.1 Å². The van der Waals surface area contributed by atoms with E-state index >= 15 is 0 Å². The molecule has 0 saturated heterocycles. The molecule has 2 aromatic rings. The monoisotopic (exact) mass is 424 g/mol. The number of benzene rings is 2. The molecule has 152 valence electrons. The van der Waals surface area contributed by atoms with Crippen LogP contribution >= 0.6 is 11.6 Å². The van der Waals surface area contributed by atoms with Gasteiger partial charge in [0.15, 0.2) is 0 Å². The summed E-state index contributed by atoms with van der Waals surface area (Å²) in [5.41, 5.74) is 2.51. The lowest BCUT2D eigenvalue weighted by atomic mass is 10.0. The first-order valence-electron chi connectivity index (χ1n) is 8.77. The number of ether oxygens (including phenoxy) is 1. The van der Waals surface area contributed by atoms with Crippen LogP contribution in [0.4, 0.5) is 5.69 Å². The van der Waals surface area contributed by atoms with Gasteiger partial charge < -0.3 is 10.1 Å². The molecule has 8 heteroatoms. The zero-order chi connectivity index (χ0) is 21.1. The Labute approximate surface area is 171 Å². The average molecular weight is 425 g/mol. The van der Waals surface area contributed by atoms with Crippen molar-refractivity contribution in [3.63, 3.8) is 0 Å². The van der Waals surface area contributed by atoms with Crippen molar-refractivity contribution in [2.45, 2.75) is 26.3 Å². The molecule has 0 aliphatic carbocycles. The molecule has 1 atom stereocenters. The highest BCUT2D eigenvalue weighted by molar-refractivity contribution is 7.92. The fourth-order valence-electron chi connectivity index (χ4n) is 2.85. The normalized spacial score (nSPS) is 12.4. The second kappa shape index (κ2) is 8.84. The summed E-state index contributed by atoms with van der Waals surface area (Å²) in [4.78, 5) is 12.9. The number of carbonyl (C=O) groups excluding carboxylic acids is 1. The predicted octanol–water partition coefficient (Wildman–Crippen LogP) is 3.93. The Balaban J connectivity index is 2.31. The number of halogens is 1. The molecule has 0 unspecified atom stereocenters. The third-order valence-corrected chi connectivity index (χ3v) is 6.13. The molecular weight excluding hydrogens is 400 g/mol. The minimum Gasteiger partial charge on any atom is -0.496 e. The van der Waals surface area contributed by atoms with E-state index in [-0.39, 0.29) is 22.5 Å². The Morgan fingerprint density at radius 3 is 2.46 bits per heavy atom. The minimum absolute atomic E-state index is 0.218. The lowest BCUT2D eigenvalue weighted by molar-refractivity contribution is 0.0935. The summed E-state index contributed by atoms with van der Waals surface area (Å²) in [5.74, 6) is 0.415. The maximum absolute atomic E-state index is 12.9. The molecule has 6 nitrogen and oxygen atoms in total. The number of aryl methyl sites for hydroxylation is 1. The van der Waals surface area contributed by atoms with Gasteiger partial charge in [0.2, 0.25) is 10.0 Å². The summed E-state index contributed by atoms with van der Waals surface area (Å²) in [6.07, 6.45) is 1.78. The number of sulfonamides is 1. The van der Waals surface area contributed by atoms with Gasteiger partial charge in [-0.25, -0.2) is 8.42 Å². The Kier molecular flexibility index (Phi) is 6.96. The number of carbonyl (C=O) groups is 1. The van der Waals surface area contributed by atoms with Gasteiger partial charge >= 0.3 is 0 Å². The van der Waals surface area contributed by atoms with Crippen LogP contribution < -0.4 is 14.4 Å². The molecule has 1 N–H and O–H groups in total. The van der Waals surface area contributed by atoms with Crippen molar-refractivity contribution < 1.29 is 17.9 Å². The Hall–Kier alpha value is -2.25. The van der Waals surface area contributed by atoms with Crippen LogP contribution in [-0.2, 0) is 10.0 Å². The number of hydrogen-bond donors (Lipinski definition) is 1. The fraction of sp³-hybridized carbons (Fsp3) is 0.350. The molecule has 2 rings (SSSR count). The van der Waals surface area contributed by atoms with E-state index in [0.29, 0.717) is 12.1 Å². The lowest BCUT2D eigenvalue weighted by Gasteiger charge is -2.21. The van der Waals surface area contributed by atoms with Crippen molar-refractivity contribution in [1.29, 1.82) is 0 Å². The molecule has 0 aliphatic heterocycles. The van der Waals surface area contributed by atoms with Gasteiger partial charge in [-0.15, -0.1) is 0 Å². The summed E-state index contributed by atoms with van der Waals surface area (Å²) in [6.45, 7) is 3.91. The molecule has 0 bridgehead atoms. The van der Waals surface area contributed by atoms with Gasteiger partial charge in [-0.05, 0) is 48.7 Å². The molecule has 0 heterocycles. The largest absolute Gasteiger partial charge is 0.496 e. The van der Waals surface area contributed by atoms with Crippen LogP contribution in [0.3, 0.4) is 0 Å². The molecule has 2 aromatic carbocycles. The molecule has 0 saturated carbocycles. The van der Waals surface area contributed by atoms with Crippen LogP contribution in [0.5, 0.6) is 5.75 Å². The van der Waals surface area contributed by atoms with Crippen LogP contribution in [0, 0.1) is 6.92 Å². The van der Waals surface area contributed by atoms with E-state index in [9.17, 15) is 13.2 Å². The first kappa shape index (κ1) is 22.0. The fourth-order valence-corrected chi connectivity index (χ4v) is 3.55. The smallest absolute Gasteiger partial charge is 0.253 e. The van der Waals surface area contributed by atoms with Crippen LogP contribution in [0.2, 0.25) is 5.02 Å². The summed E-state index contributed by atoms with van der Waals surface area (Å²) in [5, 5.41) is 3.23. The van der Waals surface area contributed by atoms with E-state index in [0.717, 1.165) is 27.4 Å². The van der Waals surface area contributed by atoms with Gasteiger partial charge in [-0.1, -0.05) is 30.7 Å². The van der Waals surface area contributed by atoms with Gasteiger partial charge in [-0.3, -0.25) is 9.10 Å². The van der Waals surface area contributed by atoms with Crippen molar-refractivity contribution in [1.82, 2.24) is 5.32 Å². The highest BCUT2D eigenvalue weighted by Crippen LogP contribution is 2.27. The number of methoxy groups -OCH3 is 1. The predicted molar refractivity (Wildman–Crippen MR) is 113 cm³/mol. The molecular formula is C20H25ClN2O4S. The van der Waals surface area contributed by atoms with Crippen LogP contribution in [-0.4, -0.2) is 34.7 Å². The topological polar surface area (TPSA) is 75.7 Å². The Bertz CT molecular complexity index is 976. The first-order chi connectivity index (χ1) is 13.1. The van der Waals surface area contributed by atoms with Crippen LogP contribution in [0.1, 0.15) is 40.9 Å². The second-order valence-electron chi connectivity index (χ2n) is 6.56. The molecule has 28 heavy (non-hydrogen) atoms.